The van der Waals surface area contributed by atoms with Gasteiger partial charge in [-0.15, -0.1) is 0 Å². The molecule has 0 spiro atoms. The van der Waals surface area contributed by atoms with E-state index in [1.54, 1.807) is 12.1 Å². The van der Waals surface area contributed by atoms with Gasteiger partial charge in [0, 0.05) is 17.6 Å². The molecule has 1 aliphatic carbocycles. The number of hydrogen-bond donors (Lipinski definition) is 1. The van der Waals surface area contributed by atoms with E-state index >= 15 is 0 Å². The van der Waals surface area contributed by atoms with Gasteiger partial charge in [-0.2, -0.15) is 0 Å². The Kier molecular flexibility index (Phi) is 3.62. The summed E-state index contributed by atoms with van der Waals surface area (Å²) >= 11 is 5.67. The minimum absolute atomic E-state index is 0.150. The minimum atomic E-state index is -0.150. The quantitative estimate of drug-likeness (QED) is 0.849. The molecule has 1 aliphatic rings. The Hall–Kier alpha value is -0.860. The highest BCUT2D eigenvalue weighted by Gasteiger charge is 2.29. The van der Waals surface area contributed by atoms with Crippen LogP contribution in [0.15, 0.2) is 35.9 Å². The lowest BCUT2D eigenvalue weighted by molar-refractivity contribution is 0.298. The molecule has 1 fully saturated rings. The molecule has 1 aromatic rings. The van der Waals surface area contributed by atoms with Crippen molar-refractivity contribution >= 4 is 11.6 Å². The van der Waals surface area contributed by atoms with Gasteiger partial charge in [0.2, 0.25) is 0 Å². The summed E-state index contributed by atoms with van der Waals surface area (Å²) in [6.07, 6.45) is 2.10. The normalized spacial score (nSPS) is 23.9. The molecule has 1 saturated carbocycles. The molecular formula is C13H15ClFN. The van der Waals surface area contributed by atoms with Crippen LogP contribution in [0.25, 0.3) is 0 Å². The molecule has 3 heteroatoms. The van der Waals surface area contributed by atoms with Gasteiger partial charge in [0.05, 0.1) is 0 Å². The van der Waals surface area contributed by atoms with Crippen LogP contribution in [0, 0.1) is 5.82 Å². The monoisotopic (exact) mass is 239 g/mol. The molecule has 0 aliphatic heterocycles. The summed E-state index contributed by atoms with van der Waals surface area (Å²) in [5.41, 5.74) is 1.10. The molecule has 0 atom stereocenters. The van der Waals surface area contributed by atoms with E-state index in [2.05, 4.69) is 11.9 Å². The zero-order valence-electron chi connectivity index (χ0n) is 9.05. The summed E-state index contributed by atoms with van der Waals surface area (Å²) in [5.74, 6) is 0.333. The van der Waals surface area contributed by atoms with Crippen molar-refractivity contribution in [2.24, 2.45) is 0 Å². The molecule has 1 N–H and O–H groups in total. The lowest BCUT2D eigenvalue weighted by Crippen LogP contribution is -2.40. The van der Waals surface area contributed by atoms with Gasteiger partial charge in [-0.3, -0.25) is 0 Å². The van der Waals surface area contributed by atoms with Gasteiger partial charge in [0.15, 0.2) is 0 Å². The maximum absolute atomic E-state index is 13.0. The van der Waals surface area contributed by atoms with E-state index in [9.17, 15) is 4.39 Å². The van der Waals surface area contributed by atoms with E-state index in [1.807, 2.05) is 6.07 Å². The summed E-state index contributed by atoms with van der Waals surface area (Å²) in [5, 5.41) is 3.94. The first kappa shape index (κ1) is 11.6. The predicted molar refractivity (Wildman–Crippen MR) is 65.2 cm³/mol. The van der Waals surface area contributed by atoms with Crippen LogP contribution in [0.5, 0.6) is 0 Å². The van der Waals surface area contributed by atoms with Crippen LogP contribution in [0.3, 0.4) is 0 Å². The predicted octanol–water partition coefficient (Wildman–Crippen LogP) is 3.41. The van der Waals surface area contributed by atoms with Crippen LogP contribution in [-0.2, 0) is 0 Å². The standard InChI is InChI=1S/C13H15ClFN/c1-9(14)8-16-13-6-11(7-13)10-3-2-4-12(15)5-10/h2-5,11,13,16H,1,6-8H2. The summed E-state index contributed by atoms with van der Waals surface area (Å²) in [7, 11) is 0. The van der Waals surface area contributed by atoms with E-state index < -0.39 is 0 Å². The second-order valence-electron chi connectivity index (χ2n) is 4.32. The molecule has 2 rings (SSSR count). The Labute approximate surface area is 100 Å². The molecule has 0 bridgehead atoms. The van der Waals surface area contributed by atoms with Crippen LogP contribution >= 0.6 is 11.6 Å². The Morgan fingerprint density at radius 2 is 2.25 bits per heavy atom. The molecule has 16 heavy (non-hydrogen) atoms. The molecule has 1 aromatic carbocycles. The van der Waals surface area contributed by atoms with Crippen LogP contribution in [0.2, 0.25) is 0 Å². The van der Waals surface area contributed by atoms with Crippen LogP contribution in [0.1, 0.15) is 24.3 Å². The topological polar surface area (TPSA) is 12.0 Å². The fourth-order valence-electron chi connectivity index (χ4n) is 2.07. The van der Waals surface area contributed by atoms with Crippen molar-refractivity contribution in [1.82, 2.24) is 5.32 Å². The van der Waals surface area contributed by atoms with Gasteiger partial charge in [-0.1, -0.05) is 30.3 Å². The Balaban J connectivity index is 1.82. The van der Waals surface area contributed by atoms with Crippen LogP contribution in [-0.4, -0.2) is 12.6 Å². The van der Waals surface area contributed by atoms with E-state index in [-0.39, 0.29) is 5.82 Å². The molecule has 0 aromatic heterocycles. The molecule has 1 nitrogen and oxygen atoms in total. The SMILES string of the molecule is C=C(Cl)CNC1CC(c2cccc(F)c2)C1. The second-order valence-corrected chi connectivity index (χ2v) is 4.85. The van der Waals surface area contributed by atoms with E-state index in [4.69, 9.17) is 11.6 Å². The smallest absolute Gasteiger partial charge is 0.123 e. The lowest BCUT2D eigenvalue weighted by Gasteiger charge is -2.36. The van der Waals surface area contributed by atoms with Crippen molar-refractivity contribution in [2.75, 3.05) is 6.54 Å². The number of rotatable bonds is 4. The molecule has 0 unspecified atom stereocenters. The average molecular weight is 240 g/mol. The number of nitrogens with one attached hydrogen (secondary N) is 1. The number of halogens is 2. The van der Waals surface area contributed by atoms with Gasteiger partial charge >= 0.3 is 0 Å². The van der Waals surface area contributed by atoms with Crippen molar-refractivity contribution in [1.29, 1.82) is 0 Å². The number of benzene rings is 1. The summed E-state index contributed by atoms with van der Waals surface area (Å²) in [6, 6.07) is 7.36. The largest absolute Gasteiger partial charge is 0.309 e. The van der Waals surface area contributed by atoms with Gasteiger partial charge in [0.1, 0.15) is 5.82 Å². The molecule has 0 amide bonds. The molecule has 86 valence electrons. The van der Waals surface area contributed by atoms with Crippen molar-refractivity contribution < 1.29 is 4.39 Å². The molecule has 0 saturated heterocycles. The van der Waals surface area contributed by atoms with Crippen LogP contribution in [0.4, 0.5) is 4.39 Å². The molecule has 0 radical (unpaired) electrons. The Morgan fingerprint density at radius 3 is 2.88 bits per heavy atom. The fraction of sp³-hybridized carbons (Fsp3) is 0.385. The van der Waals surface area contributed by atoms with Crippen molar-refractivity contribution in [3.05, 3.63) is 47.3 Å². The molecular weight excluding hydrogens is 225 g/mol. The van der Waals surface area contributed by atoms with E-state index in [0.29, 0.717) is 23.5 Å². The highest BCUT2D eigenvalue weighted by molar-refractivity contribution is 6.29. The van der Waals surface area contributed by atoms with E-state index in [1.165, 1.54) is 6.07 Å². The minimum Gasteiger partial charge on any atom is -0.309 e. The summed E-state index contributed by atoms with van der Waals surface area (Å²) in [6.45, 7) is 4.28. The third-order valence-corrected chi connectivity index (χ3v) is 3.17. The molecule has 0 heterocycles. The second kappa shape index (κ2) is 4.98. The Morgan fingerprint density at radius 1 is 1.50 bits per heavy atom. The maximum atomic E-state index is 13.0. The van der Waals surface area contributed by atoms with Crippen molar-refractivity contribution in [3.63, 3.8) is 0 Å². The zero-order chi connectivity index (χ0) is 11.5. The van der Waals surface area contributed by atoms with Gasteiger partial charge in [-0.25, -0.2) is 4.39 Å². The highest BCUT2D eigenvalue weighted by Crippen LogP contribution is 2.36. The third kappa shape index (κ3) is 2.83. The third-order valence-electron chi connectivity index (χ3n) is 3.04. The highest BCUT2D eigenvalue weighted by atomic mass is 35.5. The average Bonchev–Trinajstić information content (AvgIpc) is 2.14. The van der Waals surface area contributed by atoms with E-state index in [0.717, 1.165) is 18.4 Å². The zero-order valence-corrected chi connectivity index (χ0v) is 9.80. The van der Waals surface area contributed by atoms with Gasteiger partial charge in [0.25, 0.3) is 0 Å². The van der Waals surface area contributed by atoms with Gasteiger partial charge in [-0.05, 0) is 36.5 Å². The first-order valence-electron chi connectivity index (χ1n) is 5.47. The van der Waals surface area contributed by atoms with Gasteiger partial charge < -0.3 is 5.32 Å². The number of hydrogen-bond acceptors (Lipinski definition) is 1. The fourth-order valence-corrected chi connectivity index (χ4v) is 2.15. The maximum Gasteiger partial charge on any atom is 0.123 e. The first-order valence-corrected chi connectivity index (χ1v) is 5.85. The first-order chi connectivity index (χ1) is 7.65. The van der Waals surface area contributed by atoms with Crippen molar-refractivity contribution in [2.45, 2.75) is 24.8 Å². The lowest BCUT2D eigenvalue weighted by atomic mass is 9.76. The Bertz CT molecular complexity index is 385. The summed E-state index contributed by atoms with van der Waals surface area (Å²) in [4.78, 5) is 0. The van der Waals surface area contributed by atoms with Crippen molar-refractivity contribution in [3.8, 4) is 0 Å². The van der Waals surface area contributed by atoms with Crippen LogP contribution < -0.4 is 5.32 Å². The summed E-state index contributed by atoms with van der Waals surface area (Å²) < 4.78 is 13.0.